The fourth-order valence-corrected chi connectivity index (χ4v) is 1.29. The lowest BCUT2D eigenvalue weighted by atomic mass is 10.2. The van der Waals surface area contributed by atoms with E-state index in [9.17, 15) is 18.9 Å². The average Bonchev–Trinajstić information content (AvgIpc) is 2.02. The van der Waals surface area contributed by atoms with Crippen LogP contribution in [0.4, 0.5) is 14.6 Å². The number of nitro groups is 1. The Bertz CT molecular complexity index is 386. The minimum Gasteiger partial charge on any atom is -0.501 e. The molecule has 1 N–H and O–H groups in total. The van der Waals surface area contributed by atoms with Crippen molar-refractivity contribution >= 4 is 21.7 Å². The molecular formula is C6H3BrF2N2O3. The highest BCUT2D eigenvalue weighted by atomic mass is 79.9. The molecule has 0 spiro atoms. The fourth-order valence-electron chi connectivity index (χ4n) is 0.823. The maximum absolute atomic E-state index is 12.3. The third-order valence-electron chi connectivity index (χ3n) is 1.42. The Morgan fingerprint density at radius 2 is 2.21 bits per heavy atom. The van der Waals surface area contributed by atoms with E-state index >= 15 is 0 Å². The van der Waals surface area contributed by atoms with E-state index in [1.54, 1.807) is 0 Å². The number of aromatic hydroxyl groups is 1. The van der Waals surface area contributed by atoms with Crippen molar-refractivity contribution in [2.24, 2.45) is 0 Å². The number of hydrogen-bond donors (Lipinski definition) is 1. The molecule has 14 heavy (non-hydrogen) atoms. The van der Waals surface area contributed by atoms with Crippen LogP contribution in [0.3, 0.4) is 0 Å². The molecule has 0 amide bonds. The summed E-state index contributed by atoms with van der Waals surface area (Å²) in [6, 6.07) is 0. The molecule has 76 valence electrons. The van der Waals surface area contributed by atoms with Crippen LogP contribution in [0.2, 0.25) is 0 Å². The van der Waals surface area contributed by atoms with Crippen molar-refractivity contribution in [1.82, 2.24) is 4.98 Å². The fraction of sp³-hybridized carbons (Fsp3) is 0.167. The van der Waals surface area contributed by atoms with Gasteiger partial charge < -0.3 is 15.2 Å². The molecule has 0 aliphatic rings. The van der Waals surface area contributed by atoms with Gasteiger partial charge in [-0.1, -0.05) is 0 Å². The van der Waals surface area contributed by atoms with E-state index in [1.165, 1.54) is 0 Å². The summed E-state index contributed by atoms with van der Waals surface area (Å²) in [5.41, 5.74) is -0.827. The molecule has 0 saturated carbocycles. The predicted molar refractivity (Wildman–Crippen MR) is 45.2 cm³/mol. The Hall–Kier alpha value is -1.31. The molecule has 1 heterocycles. The molecule has 1 aromatic heterocycles. The van der Waals surface area contributed by atoms with Crippen molar-refractivity contribution in [3.05, 3.63) is 26.3 Å². The zero-order valence-corrected chi connectivity index (χ0v) is 8.03. The summed E-state index contributed by atoms with van der Waals surface area (Å²) in [4.78, 5) is 12.4. The number of alkyl halides is 2. The van der Waals surface area contributed by atoms with Crippen LogP contribution < -0.4 is 0 Å². The molecular weight excluding hydrogens is 266 g/mol. The standard InChI is InChI=1S/C6H3BrF2N2O3/c7-2-1-10-6(11(13)14)4(12)3(2)5(8)9/h1,5,12H. The van der Waals surface area contributed by atoms with Gasteiger partial charge in [0.2, 0.25) is 5.75 Å². The first-order valence-electron chi connectivity index (χ1n) is 3.25. The summed E-state index contributed by atoms with van der Waals surface area (Å²) in [5, 5.41) is 19.3. The zero-order valence-electron chi connectivity index (χ0n) is 6.45. The van der Waals surface area contributed by atoms with Crippen molar-refractivity contribution in [2.45, 2.75) is 6.43 Å². The van der Waals surface area contributed by atoms with E-state index in [0.717, 1.165) is 6.20 Å². The summed E-state index contributed by atoms with van der Waals surface area (Å²) in [6.45, 7) is 0. The monoisotopic (exact) mass is 268 g/mol. The van der Waals surface area contributed by atoms with Gasteiger partial charge in [-0.3, -0.25) is 0 Å². The van der Waals surface area contributed by atoms with Crippen LogP contribution in [0.1, 0.15) is 12.0 Å². The summed E-state index contributed by atoms with van der Waals surface area (Å²) < 4.78 is 24.4. The normalized spacial score (nSPS) is 10.6. The lowest BCUT2D eigenvalue weighted by molar-refractivity contribution is -0.390. The maximum atomic E-state index is 12.3. The van der Waals surface area contributed by atoms with Crippen LogP contribution >= 0.6 is 15.9 Å². The van der Waals surface area contributed by atoms with E-state index in [2.05, 4.69) is 20.9 Å². The van der Waals surface area contributed by atoms with Gasteiger partial charge in [-0.15, -0.1) is 0 Å². The van der Waals surface area contributed by atoms with E-state index in [1.807, 2.05) is 0 Å². The molecule has 1 aromatic rings. The highest BCUT2D eigenvalue weighted by molar-refractivity contribution is 9.10. The molecule has 0 fully saturated rings. The van der Waals surface area contributed by atoms with Gasteiger partial charge in [0, 0.05) is 0 Å². The molecule has 8 heteroatoms. The molecule has 0 atom stereocenters. The van der Waals surface area contributed by atoms with Crippen LogP contribution in [0.25, 0.3) is 0 Å². The van der Waals surface area contributed by atoms with Crippen LogP contribution in [0, 0.1) is 10.1 Å². The van der Waals surface area contributed by atoms with Gasteiger partial charge in [-0.2, -0.15) is 0 Å². The number of aromatic nitrogens is 1. The van der Waals surface area contributed by atoms with Crippen LogP contribution in [-0.2, 0) is 0 Å². The average molecular weight is 269 g/mol. The van der Waals surface area contributed by atoms with Crippen molar-refractivity contribution in [1.29, 1.82) is 0 Å². The smallest absolute Gasteiger partial charge is 0.406 e. The van der Waals surface area contributed by atoms with Gasteiger partial charge in [-0.05, 0) is 25.8 Å². The molecule has 5 nitrogen and oxygen atoms in total. The molecule has 0 aliphatic heterocycles. The third kappa shape index (κ3) is 1.79. The highest BCUT2D eigenvalue weighted by Crippen LogP contribution is 2.38. The largest absolute Gasteiger partial charge is 0.501 e. The molecule has 0 radical (unpaired) electrons. The topological polar surface area (TPSA) is 76.3 Å². The Morgan fingerprint density at radius 3 is 2.64 bits per heavy atom. The second-order valence-electron chi connectivity index (χ2n) is 2.25. The van der Waals surface area contributed by atoms with Crippen molar-refractivity contribution in [3.63, 3.8) is 0 Å². The maximum Gasteiger partial charge on any atom is 0.406 e. The first kappa shape index (κ1) is 10.8. The lowest BCUT2D eigenvalue weighted by Gasteiger charge is -2.04. The zero-order chi connectivity index (χ0) is 10.9. The first-order valence-corrected chi connectivity index (χ1v) is 4.04. The molecule has 0 bridgehead atoms. The molecule has 1 rings (SSSR count). The van der Waals surface area contributed by atoms with Gasteiger partial charge in [-0.25, -0.2) is 8.78 Å². The van der Waals surface area contributed by atoms with Crippen molar-refractivity contribution in [2.75, 3.05) is 0 Å². The van der Waals surface area contributed by atoms with Crippen LogP contribution in [-0.4, -0.2) is 15.0 Å². The SMILES string of the molecule is O=[N+]([O-])c1ncc(Br)c(C(F)F)c1O. The third-order valence-corrected chi connectivity index (χ3v) is 2.05. The number of halogens is 3. The predicted octanol–water partition coefficient (Wildman–Crippen LogP) is 2.40. The van der Waals surface area contributed by atoms with Crippen molar-refractivity contribution in [3.8, 4) is 5.75 Å². The summed E-state index contributed by atoms with van der Waals surface area (Å²) in [6.07, 6.45) is -2.16. The van der Waals surface area contributed by atoms with Gasteiger partial charge in [0.15, 0.2) is 6.20 Å². The van der Waals surface area contributed by atoms with E-state index in [-0.39, 0.29) is 4.47 Å². The van der Waals surface area contributed by atoms with Crippen molar-refractivity contribution < 1.29 is 18.8 Å². The van der Waals surface area contributed by atoms with E-state index < -0.39 is 28.5 Å². The number of rotatable bonds is 2. The number of pyridine rings is 1. The van der Waals surface area contributed by atoms with Crippen LogP contribution in [0.5, 0.6) is 5.75 Å². The Morgan fingerprint density at radius 1 is 1.64 bits per heavy atom. The minimum atomic E-state index is -3.01. The lowest BCUT2D eigenvalue weighted by Crippen LogP contribution is -1.97. The summed E-state index contributed by atoms with van der Waals surface area (Å²) in [7, 11) is 0. The number of hydrogen-bond acceptors (Lipinski definition) is 4. The second-order valence-corrected chi connectivity index (χ2v) is 3.10. The molecule has 0 aliphatic carbocycles. The van der Waals surface area contributed by atoms with Gasteiger partial charge in [0.25, 0.3) is 6.43 Å². The quantitative estimate of drug-likeness (QED) is 0.660. The number of nitrogens with zero attached hydrogens (tertiary/aromatic N) is 2. The van der Waals surface area contributed by atoms with Gasteiger partial charge >= 0.3 is 5.82 Å². The van der Waals surface area contributed by atoms with Gasteiger partial charge in [0.1, 0.15) is 0 Å². The second kappa shape index (κ2) is 3.82. The van der Waals surface area contributed by atoms with E-state index in [4.69, 9.17) is 5.11 Å². The Balaban J connectivity index is 3.41. The first-order chi connectivity index (χ1) is 6.45. The molecule has 0 aromatic carbocycles. The van der Waals surface area contributed by atoms with E-state index in [0.29, 0.717) is 0 Å². The molecule has 0 saturated heterocycles. The van der Waals surface area contributed by atoms with Gasteiger partial charge in [0.05, 0.1) is 10.0 Å². The Labute approximate surface area is 84.7 Å². The minimum absolute atomic E-state index is 0.171. The molecule has 0 unspecified atom stereocenters. The summed E-state index contributed by atoms with van der Waals surface area (Å²) >= 11 is 2.71. The highest BCUT2D eigenvalue weighted by Gasteiger charge is 2.27. The summed E-state index contributed by atoms with van der Waals surface area (Å²) in [5.74, 6) is -2.09. The Kier molecular flexibility index (Phi) is 2.94. The van der Waals surface area contributed by atoms with Crippen LogP contribution in [0.15, 0.2) is 10.7 Å².